The summed E-state index contributed by atoms with van der Waals surface area (Å²) >= 11 is 0. The molecule has 3 nitrogen and oxygen atoms in total. The van der Waals surface area contributed by atoms with Gasteiger partial charge in [-0.05, 0) is 30.5 Å². The number of hydrogen-bond acceptors (Lipinski definition) is 2. The van der Waals surface area contributed by atoms with Crippen LogP contribution in [0.2, 0.25) is 0 Å². The molecule has 0 radical (unpaired) electrons. The highest BCUT2D eigenvalue weighted by Crippen LogP contribution is 2.17. The standard InChI is InChI=1S/C9H11N.C9H18O2.2C2H6/c1-7(2)8-5-3-4-6-9(8)10;1-2-3-4-5-6-7-8-9(10)11;2*1-2/h3-6H,1,10H2,2H3;2-8H2,1H3,(H,10,11);2*1-2H3. The van der Waals surface area contributed by atoms with E-state index in [9.17, 15) is 4.79 Å². The quantitative estimate of drug-likeness (QED) is 0.385. The summed E-state index contributed by atoms with van der Waals surface area (Å²) in [5.74, 6) is -0.666. The minimum atomic E-state index is -0.666. The second-order valence-corrected chi connectivity index (χ2v) is 5.28. The molecule has 0 bridgehead atoms. The highest BCUT2D eigenvalue weighted by atomic mass is 16.4. The van der Waals surface area contributed by atoms with E-state index in [0.717, 1.165) is 29.7 Å². The third-order valence-corrected chi connectivity index (χ3v) is 3.16. The number of benzene rings is 1. The first kappa shape index (κ1) is 28.1. The van der Waals surface area contributed by atoms with Crippen molar-refractivity contribution in [1.29, 1.82) is 0 Å². The molecule has 0 amide bonds. The first-order valence-corrected chi connectivity index (χ1v) is 9.71. The van der Waals surface area contributed by atoms with E-state index in [0.29, 0.717) is 6.42 Å². The zero-order valence-electron chi connectivity index (χ0n) is 17.4. The van der Waals surface area contributed by atoms with Gasteiger partial charge in [0, 0.05) is 12.1 Å². The van der Waals surface area contributed by atoms with Crippen molar-refractivity contribution >= 4 is 17.2 Å². The van der Waals surface area contributed by atoms with Gasteiger partial charge in [0.05, 0.1) is 0 Å². The summed E-state index contributed by atoms with van der Waals surface area (Å²) in [5.41, 5.74) is 8.52. The van der Waals surface area contributed by atoms with Crippen molar-refractivity contribution in [2.75, 3.05) is 5.73 Å². The molecule has 1 aromatic rings. The zero-order valence-corrected chi connectivity index (χ0v) is 17.4. The van der Waals surface area contributed by atoms with E-state index in [-0.39, 0.29) is 0 Å². The predicted molar refractivity (Wildman–Crippen MR) is 114 cm³/mol. The highest BCUT2D eigenvalue weighted by molar-refractivity contribution is 5.71. The van der Waals surface area contributed by atoms with Crippen LogP contribution in [0.15, 0.2) is 30.8 Å². The minimum Gasteiger partial charge on any atom is -0.481 e. The van der Waals surface area contributed by atoms with Crippen molar-refractivity contribution in [3.63, 3.8) is 0 Å². The van der Waals surface area contributed by atoms with Crippen LogP contribution in [0.3, 0.4) is 0 Å². The van der Waals surface area contributed by atoms with Crippen LogP contribution in [0, 0.1) is 0 Å². The number of anilines is 1. The van der Waals surface area contributed by atoms with Crippen molar-refractivity contribution in [2.24, 2.45) is 0 Å². The number of hydrogen-bond donors (Lipinski definition) is 2. The smallest absolute Gasteiger partial charge is 0.303 e. The Labute approximate surface area is 156 Å². The van der Waals surface area contributed by atoms with Crippen molar-refractivity contribution < 1.29 is 9.90 Å². The van der Waals surface area contributed by atoms with Crippen LogP contribution in [0.5, 0.6) is 0 Å². The Hall–Kier alpha value is -1.77. The lowest BCUT2D eigenvalue weighted by Gasteiger charge is -2.01. The summed E-state index contributed by atoms with van der Waals surface area (Å²) in [6, 6.07) is 7.73. The number of unbranched alkanes of at least 4 members (excludes halogenated alkanes) is 5. The topological polar surface area (TPSA) is 63.3 Å². The normalized spacial score (nSPS) is 8.56. The van der Waals surface area contributed by atoms with Gasteiger partial charge in [0.25, 0.3) is 0 Å². The Morgan fingerprint density at radius 1 is 1.00 bits per heavy atom. The second-order valence-electron chi connectivity index (χ2n) is 5.28. The van der Waals surface area contributed by atoms with E-state index in [1.165, 1.54) is 25.7 Å². The number of rotatable bonds is 8. The molecule has 1 aromatic carbocycles. The van der Waals surface area contributed by atoms with Crippen molar-refractivity contribution in [3.8, 4) is 0 Å². The van der Waals surface area contributed by atoms with Gasteiger partial charge >= 0.3 is 5.97 Å². The fourth-order valence-corrected chi connectivity index (χ4v) is 1.94. The Morgan fingerprint density at radius 3 is 1.88 bits per heavy atom. The van der Waals surface area contributed by atoms with Crippen LogP contribution < -0.4 is 5.73 Å². The molecule has 0 atom stereocenters. The first-order valence-electron chi connectivity index (χ1n) is 9.71. The maximum absolute atomic E-state index is 10.1. The third-order valence-electron chi connectivity index (χ3n) is 3.16. The van der Waals surface area contributed by atoms with Crippen LogP contribution in [0.25, 0.3) is 5.57 Å². The summed E-state index contributed by atoms with van der Waals surface area (Å²) in [5, 5.41) is 8.32. The molecule has 0 aliphatic carbocycles. The Bertz CT molecular complexity index is 428. The van der Waals surface area contributed by atoms with Gasteiger partial charge in [0.2, 0.25) is 0 Å². The van der Waals surface area contributed by atoms with Gasteiger partial charge in [-0.25, -0.2) is 0 Å². The molecular formula is C22H41NO2. The van der Waals surface area contributed by atoms with Gasteiger partial charge in [-0.1, -0.05) is 91.5 Å². The summed E-state index contributed by atoms with van der Waals surface area (Å²) in [6.45, 7) is 15.9. The Kier molecular flexibility index (Phi) is 24.9. The largest absolute Gasteiger partial charge is 0.481 e. The molecule has 0 saturated carbocycles. The van der Waals surface area contributed by atoms with Crippen molar-refractivity contribution in [1.82, 2.24) is 0 Å². The number of nitrogens with two attached hydrogens (primary N) is 1. The van der Waals surface area contributed by atoms with Crippen LogP contribution in [0.1, 0.15) is 92.1 Å². The Balaban J connectivity index is -0.000000323. The van der Waals surface area contributed by atoms with Crippen LogP contribution in [-0.4, -0.2) is 11.1 Å². The first-order chi connectivity index (χ1) is 12.0. The molecule has 0 aliphatic heterocycles. The van der Waals surface area contributed by atoms with Gasteiger partial charge in [0.15, 0.2) is 0 Å². The highest BCUT2D eigenvalue weighted by Gasteiger charge is 1.95. The number of nitrogen functional groups attached to an aromatic ring is 1. The monoisotopic (exact) mass is 351 g/mol. The average Bonchev–Trinajstić information content (AvgIpc) is 2.62. The number of aliphatic carboxylic acids is 1. The lowest BCUT2D eigenvalue weighted by atomic mass is 10.1. The van der Waals surface area contributed by atoms with Gasteiger partial charge < -0.3 is 10.8 Å². The molecule has 0 spiro atoms. The number of para-hydroxylation sites is 1. The number of allylic oxidation sites excluding steroid dienone is 1. The van der Waals surface area contributed by atoms with E-state index in [2.05, 4.69) is 13.5 Å². The second kappa shape index (κ2) is 22.2. The summed E-state index contributed by atoms with van der Waals surface area (Å²) in [4.78, 5) is 10.1. The average molecular weight is 352 g/mol. The maximum atomic E-state index is 10.1. The van der Waals surface area contributed by atoms with E-state index in [4.69, 9.17) is 10.8 Å². The summed E-state index contributed by atoms with van der Waals surface area (Å²) in [6.07, 6.45) is 7.25. The van der Waals surface area contributed by atoms with E-state index in [1.54, 1.807) is 0 Å². The van der Waals surface area contributed by atoms with Crippen molar-refractivity contribution in [3.05, 3.63) is 36.4 Å². The van der Waals surface area contributed by atoms with E-state index in [1.807, 2.05) is 58.9 Å². The Morgan fingerprint density at radius 2 is 1.48 bits per heavy atom. The molecule has 3 heteroatoms. The number of carboxylic acids is 1. The van der Waals surface area contributed by atoms with Gasteiger partial charge in [0.1, 0.15) is 0 Å². The molecular weight excluding hydrogens is 310 g/mol. The lowest BCUT2D eigenvalue weighted by Crippen LogP contribution is -1.93. The van der Waals surface area contributed by atoms with Gasteiger partial charge in [-0.15, -0.1) is 0 Å². The van der Waals surface area contributed by atoms with E-state index >= 15 is 0 Å². The summed E-state index contributed by atoms with van der Waals surface area (Å²) < 4.78 is 0. The number of carbonyl (C=O) groups is 1. The zero-order chi connectivity index (χ0) is 20.1. The van der Waals surface area contributed by atoms with Crippen LogP contribution in [-0.2, 0) is 4.79 Å². The van der Waals surface area contributed by atoms with Gasteiger partial charge in [-0.3, -0.25) is 4.79 Å². The molecule has 0 heterocycles. The molecule has 3 N–H and O–H groups in total. The molecule has 0 fully saturated rings. The summed E-state index contributed by atoms with van der Waals surface area (Å²) in [7, 11) is 0. The van der Waals surface area contributed by atoms with E-state index < -0.39 is 5.97 Å². The molecule has 1 rings (SSSR count). The number of carboxylic acid groups (broad SMARTS) is 1. The third kappa shape index (κ3) is 20.2. The fourth-order valence-electron chi connectivity index (χ4n) is 1.94. The lowest BCUT2D eigenvalue weighted by molar-refractivity contribution is -0.137. The fraction of sp³-hybridized carbons (Fsp3) is 0.591. The molecule has 0 unspecified atom stereocenters. The van der Waals surface area contributed by atoms with Crippen LogP contribution in [0.4, 0.5) is 5.69 Å². The minimum absolute atomic E-state index is 0.339. The van der Waals surface area contributed by atoms with Crippen LogP contribution >= 0.6 is 0 Å². The molecule has 146 valence electrons. The SMILES string of the molecule is C=C(C)c1ccccc1N.CC.CC.CCCCCCCCC(=O)O. The van der Waals surface area contributed by atoms with Crippen molar-refractivity contribution in [2.45, 2.75) is 86.5 Å². The van der Waals surface area contributed by atoms with Gasteiger partial charge in [-0.2, -0.15) is 0 Å². The molecule has 0 aliphatic rings. The molecule has 0 aromatic heterocycles. The maximum Gasteiger partial charge on any atom is 0.303 e. The molecule has 0 saturated heterocycles. The molecule has 25 heavy (non-hydrogen) atoms. The predicted octanol–water partition coefficient (Wildman–Crippen LogP) is 7.18.